The Bertz CT molecular complexity index is 991. The van der Waals surface area contributed by atoms with Crippen molar-refractivity contribution in [2.75, 3.05) is 6.61 Å². The molecule has 2 amide bonds. The van der Waals surface area contributed by atoms with E-state index in [-0.39, 0.29) is 13.0 Å². The highest BCUT2D eigenvalue weighted by Gasteiger charge is 2.11. The van der Waals surface area contributed by atoms with Gasteiger partial charge in [0.2, 0.25) is 11.8 Å². The third-order valence-electron chi connectivity index (χ3n) is 3.61. The first kappa shape index (κ1) is 18.7. The van der Waals surface area contributed by atoms with Gasteiger partial charge in [0.05, 0.1) is 23.7 Å². The van der Waals surface area contributed by atoms with E-state index in [1.54, 1.807) is 24.3 Å². The van der Waals surface area contributed by atoms with Crippen LogP contribution in [0.3, 0.4) is 0 Å². The minimum atomic E-state index is -0.525. The molecule has 28 heavy (non-hydrogen) atoms. The second-order valence-corrected chi connectivity index (χ2v) is 5.71. The summed E-state index contributed by atoms with van der Waals surface area (Å²) in [4.78, 5) is 27.9. The van der Waals surface area contributed by atoms with Crippen molar-refractivity contribution in [1.82, 2.24) is 15.8 Å². The summed E-state index contributed by atoms with van der Waals surface area (Å²) in [7, 11) is 0. The van der Waals surface area contributed by atoms with Gasteiger partial charge in [0, 0.05) is 5.56 Å². The zero-order chi connectivity index (χ0) is 19.8. The third-order valence-corrected chi connectivity index (χ3v) is 3.61. The summed E-state index contributed by atoms with van der Waals surface area (Å²) >= 11 is 0. The van der Waals surface area contributed by atoms with Gasteiger partial charge in [-0.2, -0.15) is 5.26 Å². The first-order chi connectivity index (χ1) is 13.6. The molecular formula is C20H16N4O4. The maximum absolute atomic E-state index is 11.9. The van der Waals surface area contributed by atoms with Gasteiger partial charge in [-0.25, -0.2) is 4.98 Å². The number of nitrogens with one attached hydrogen (secondary N) is 2. The van der Waals surface area contributed by atoms with Gasteiger partial charge in [-0.3, -0.25) is 20.4 Å². The number of hydrazine groups is 1. The maximum Gasteiger partial charge on any atom is 0.276 e. The number of nitrogens with zero attached hydrogens (tertiary/aromatic N) is 2. The Labute approximate surface area is 160 Å². The molecule has 0 bridgehead atoms. The Morgan fingerprint density at radius 1 is 1.04 bits per heavy atom. The fourth-order valence-corrected chi connectivity index (χ4v) is 2.26. The lowest BCUT2D eigenvalue weighted by molar-refractivity contribution is -0.129. The summed E-state index contributed by atoms with van der Waals surface area (Å²) in [5, 5.41) is 8.73. The monoisotopic (exact) mass is 376 g/mol. The number of benzene rings is 2. The SMILES string of the molecule is N#Cc1ccc(OCC(=O)NNC(=O)Cc2coc(-c3ccccc3)n2)cc1. The van der Waals surface area contributed by atoms with Gasteiger partial charge in [0.15, 0.2) is 6.61 Å². The highest BCUT2D eigenvalue weighted by Crippen LogP contribution is 2.18. The van der Waals surface area contributed by atoms with Crippen LogP contribution in [0.2, 0.25) is 0 Å². The Hall–Kier alpha value is -4.12. The quantitative estimate of drug-likeness (QED) is 0.635. The predicted octanol–water partition coefficient (Wildman–Crippen LogP) is 1.98. The molecule has 0 saturated carbocycles. The fourth-order valence-electron chi connectivity index (χ4n) is 2.26. The molecule has 140 valence electrons. The largest absolute Gasteiger partial charge is 0.484 e. The van der Waals surface area contributed by atoms with Crippen molar-refractivity contribution >= 4 is 11.8 Å². The van der Waals surface area contributed by atoms with Gasteiger partial charge in [0.25, 0.3) is 5.91 Å². The molecule has 0 unspecified atom stereocenters. The first-order valence-corrected chi connectivity index (χ1v) is 8.34. The van der Waals surface area contributed by atoms with Crippen molar-refractivity contribution < 1.29 is 18.7 Å². The summed E-state index contributed by atoms with van der Waals surface area (Å²) < 4.78 is 10.6. The molecule has 0 aliphatic heterocycles. The molecule has 0 spiro atoms. The zero-order valence-electron chi connectivity index (χ0n) is 14.7. The van der Waals surface area contributed by atoms with Crippen LogP contribution < -0.4 is 15.6 Å². The molecule has 0 radical (unpaired) electrons. The Balaban J connectivity index is 1.42. The fraction of sp³-hybridized carbons (Fsp3) is 0.100. The second kappa shape index (κ2) is 9.00. The summed E-state index contributed by atoms with van der Waals surface area (Å²) in [5.41, 5.74) is 6.30. The molecule has 8 nitrogen and oxygen atoms in total. The van der Waals surface area contributed by atoms with Crippen LogP contribution in [-0.4, -0.2) is 23.4 Å². The lowest BCUT2D eigenvalue weighted by Crippen LogP contribution is -2.44. The van der Waals surface area contributed by atoms with Gasteiger partial charge in [-0.15, -0.1) is 0 Å². The van der Waals surface area contributed by atoms with Gasteiger partial charge >= 0.3 is 0 Å². The van der Waals surface area contributed by atoms with E-state index >= 15 is 0 Å². The molecule has 3 aromatic rings. The molecule has 0 aliphatic carbocycles. The number of aromatic nitrogens is 1. The van der Waals surface area contributed by atoms with Crippen LogP contribution >= 0.6 is 0 Å². The molecule has 3 rings (SSSR count). The van der Waals surface area contributed by atoms with Gasteiger partial charge in [-0.05, 0) is 36.4 Å². The van der Waals surface area contributed by atoms with Crippen LogP contribution in [0.15, 0.2) is 65.3 Å². The lowest BCUT2D eigenvalue weighted by atomic mass is 10.2. The maximum atomic E-state index is 11.9. The second-order valence-electron chi connectivity index (χ2n) is 5.71. The van der Waals surface area contributed by atoms with Crippen LogP contribution in [0.25, 0.3) is 11.5 Å². The number of hydrogen-bond acceptors (Lipinski definition) is 6. The lowest BCUT2D eigenvalue weighted by Gasteiger charge is -2.08. The minimum absolute atomic E-state index is 0.0485. The molecule has 2 aromatic carbocycles. The van der Waals surface area contributed by atoms with E-state index in [1.807, 2.05) is 36.4 Å². The summed E-state index contributed by atoms with van der Waals surface area (Å²) in [5.74, 6) is -0.109. The molecule has 0 atom stereocenters. The normalized spacial score (nSPS) is 9.96. The average Bonchev–Trinajstić information content (AvgIpc) is 3.20. The number of carbonyl (C=O) groups is 2. The van der Waals surface area contributed by atoms with Crippen LogP contribution in [0, 0.1) is 11.3 Å². The van der Waals surface area contributed by atoms with E-state index in [1.165, 1.54) is 6.26 Å². The highest BCUT2D eigenvalue weighted by molar-refractivity contribution is 5.83. The highest BCUT2D eigenvalue weighted by atomic mass is 16.5. The summed E-state index contributed by atoms with van der Waals surface area (Å²) in [6.45, 7) is -0.283. The number of carbonyl (C=O) groups excluding carboxylic acids is 2. The Morgan fingerprint density at radius 2 is 1.75 bits per heavy atom. The molecule has 1 heterocycles. The summed E-state index contributed by atoms with van der Waals surface area (Å²) in [6.07, 6.45) is 1.35. The molecular weight excluding hydrogens is 360 g/mol. The summed E-state index contributed by atoms with van der Waals surface area (Å²) in [6, 6.07) is 17.6. The standard InChI is InChI=1S/C20H16N4O4/c21-11-14-6-8-17(9-7-14)27-13-19(26)24-23-18(25)10-16-12-28-20(22-16)15-4-2-1-3-5-15/h1-9,12H,10,13H2,(H,23,25)(H,24,26). The Morgan fingerprint density at radius 3 is 2.46 bits per heavy atom. The van der Waals surface area contributed by atoms with Gasteiger partial charge < -0.3 is 9.15 Å². The van der Waals surface area contributed by atoms with Crippen molar-refractivity contribution in [2.45, 2.75) is 6.42 Å². The van der Waals surface area contributed by atoms with E-state index in [0.717, 1.165) is 5.56 Å². The van der Waals surface area contributed by atoms with E-state index in [9.17, 15) is 9.59 Å². The van der Waals surface area contributed by atoms with E-state index in [4.69, 9.17) is 14.4 Å². The van der Waals surface area contributed by atoms with Gasteiger partial charge in [-0.1, -0.05) is 18.2 Å². The number of rotatable bonds is 6. The van der Waals surface area contributed by atoms with E-state index in [0.29, 0.717) is 22.9 Å². The average molecular weight is 376 g/mol. The molecule has 0 fully saturated rings. The van der Waals surface area contributed by atoms with Crippen LogP contribution in [-0.2, 0) is 16.0 Å². The van der Waals surface area contributed by atoms with Crippen molar-refractivity contribution in [3.05, 3.63) is 72.1 Å². The zero-order valence-corrected chi connectivity index (χ0v) is 14.7. The number of ether oxygens (including phenoxy) is 1. The molecule has 2 N–H and O–H groups in total. The minimum Gasteiger partial charge on any atom is -0.484 e. The van der Waals surface area contributed by atoms with Crippen molar-refractivity contribution in [3.8, 4) is 23.3 Å². The van der Waals surface area contributed by atoms with E-state index in [2.05, 4.69) is 15.8 Å². The Kier molecular flexibility index (Phi) is 6.00. The molecule has 8 heteroatoms. The number of hydrogen-bond donors (Lipinski definition) is 2. The van der Waals surface area contributed by atoms with Crippen LogP contribution in [0.5, 0.6) is 5.75 Å². The van der Waals surface area contributed by atoms with Gasteiger partial charge in [0.1, 0.15) is 12.0 Å². The van der Waals surface area contributed by atoms with Crippen LogP contribution in [0.1, 0.15) is 11.3 Å². The topological polar surface area (TPSA) is 117 Å². The molecule has 0 saturated heterocycles. The van der Waals surface area contributed by atoms with Crippen molar-refractivity contribution in [2.24, 2.45) is 0 Å². The number of oxazole rings is 1. The number of amides is 2. The number of nitriles is 1. The van der Waals surface area contributed by atoms with Crippen LogP contribution in [0.4, 0.5) is 0 Å². The predicted molar refractivity (Wildman–Crippen MR) is 98.6 cm³/mol. The van der Waals surface area contributed by atoms with Crippen molar-refractivity contribution in [1.29, 1.82) is 5.26 Å². The smallest absolute Gasteiger partial charge is 0.276 e. The van der Waals surface area contributed by atoms with E-state index < -0.39 is 11.8 Å². The third kappa shape index (κ3) is 5.19. The van der Waals surface area contributed by atoms with Crippen molar-refractivity contribution in [3.63, 3.8) is 0 Å². The molecule has 1 aromatic heterocycles. The molecule has 0 aliphatic rings. The first-order valence-electron chi connectivity index (χ1n) is 8.34.